The molecule has 3 N–H and O–H groups in total. The molecule has 1 aromatic heterocycles. The maximum absolute atomic E-state index is 12.3. The van der Waals surface area contributed by atoms with Gasteiger partial charge in [0.15, 0.2) is 5.82 Å². The van der Waals surface area contributed by atoms with Crippen molar-refractivity contribution in [3.8, 4) is 0 Å². The lowest BCUT2D eigenvalue weighted by Gasteiger charge is -2.23. The van der Waals surface area contributed by atoms with Gasteiger partial charge >= 0.3 is 6.03 Å². The number of nitrogens with zero attached hydrogens (tertiary/aromatic N) is 4. The molecule has 1 spiro atoms. The van der Waals surface area contributed by atoms with Crippen LogP contribution in [0.4, 0.5) is 4.79 Å². The quantitative estimate of drug-likeness (QED) is 0.734. The molecule has 3 aliphatic rings. The van der Waals surface area contributed by atoms with Crippen LogP contribution in [0.5, 0.6) is 0 Å². The number of aryl methyl sites for hydroxylation is 2. The number of fused-ring (bicyclic) bond motifs is 2. The fraction of sp³-hybridized carbons (Fsp3) is 0.480. The molecule has 174 valence electrons. The number of urea groups is 1. The molecule has 5 rings (SSSR count). The number of ether oxygens (including phenoxy) is 1. The fourth-order valence-corrected chi connectivity index (χ4v) is 5.15. The molecular weight excluding hydrogens is 416 g/mol. The molecule has 8 nitrogen and oxygen atoms in total. The maximum Gasteiger partial charge on any atom is 0.317 e. The summed E-state index contributed by atoms with van der Waals surface area (Å²) >= 11 is 0. The van der Waals surface area contributed by atoms with E-state index in [-0.39, 0.29) is 17.4 Å². The second-order valence-corrected chi connectivity index (χ2v) is 9.39. The third-order valence-electron chi connectivity index (χ3n) is 7.11. The van der Waals surface area contributed by atoms with Crippen molar-refractivity contribution in [2.45, 2.75) is 57.6 Å². The van der Waals surface area contributed by atoms with Gasteiger partial charge in [-0.2, -0.15) is 5.10 Å². The minimum absolute atomic E-state index is 0.00176. The van der Waals surface area contributed by atoms with Crippen molar-refractivity contribution in [3.05, 3.63) is 64.4 Å². The third kappa shape index (κ3) is 4.10. The molecule has 1 fully saturated rings. The first-order chi connectivity index (χ1) is 16.0. The molecule has 2 aromatic rings. The number of allylic oxidation sites excluding steroid dienone is 1. The number of nitrogens with one attached hydrogen (secondary N) is 1. The molecule has 33 heavy (non-hydrogen) atoms. The smallest absolute Gasteiger partial charge is 0.317 e. The van der Waals surface area contributed by atoms with Gasteiger partial charge in [0.25, 0.3) is 0 Å². The van der Waals surface area contributed by atoms with Crippen molar-refractivity contribution in [3.63, 3.8) is 0 Å². The van der Waals surface area contributed by atoms with Crippen LogP contribution in [0.2, 0.25) is 0 Å². The average molecular weight is 449 g/mol. The van der Waals surface area contributed by atoms with Gasteiger partial charge in [0.1, 0.15) is 12.4 Å². The van der Waals surface area contributed by atoms with E-state index in [0.29, 0.717) is 31.2 Å². The number of hydrogen-bond acceptors (Lipinski definition) is 5. The van der Waals surface area contributed by atoms with Crippen molar-refractivity contribution >= 4 is 12.2 Å². The highest BCUT2D eigenvalue weighted by molar-refractivity contribution is 5.75. The first-order valence-electron chi connectivity index (χ1n) is 11.8. The number of amides is 2. The molecule has 1 saturated heterocycles. The van der Waals surface area contributed by atoms with Crippen molar-refractivity contribution < 1.29 is 9.53 Å². The van der Waals surface area contributed by atoms with Gasteiger partial charge in [0.2, 0.25) is 0 Å². The average Bonchev–Trinajstić information content (AvgIpc) is 3.51. The zero-order valence-electron chi connectivity index (χ0n) is 19.4. The van der Waals surface area contributed by atoms with Gasteiger partial charge in [-0.25, -0.2) is 9.79 Å². The van der Waals surface area contributed by atoms with Gasteiger partial charge in [0, 0.05) is 55.8 Å². The Morgan fingerprint density at radius 3 is 2.85 bits per heavy atom. The standard InChI is InChI=1S/C25H32N6O2/c1-3-27-24(32)30-10-8-25(16-30)9-11-31-22(25)13-20(29-31)19-12-21(23(26)28-14-19)33-15-18-6-4-17(2)5-7-18/h4-7,13-14,19H,3,8-12,15-16,26H2,1-2H3,(H,27,32). The highest BCUT2D eigenvalue weighted by Gasteiger charge is 2.47. The van der Waals surface area contributed by atoms with E-state index in [1.165, 1.54) is 11.3 Å². The third-order valence-corrected chi connectivity index (χ3v) is 7.11. The predicted molar refractivity (Wildman–Crippen MR) is 127 cm³/mol. The topological polar surface area (TPSA) is 97.8 Å². The summed E-state index contributed by atoms with van der Waals surface area (Å²) in [6, 6.07) is 10.5. The van der Waals surface area contributed by atoms with E-state index in [9.17, 15) is 4.79 Å². The Hall–Kier alpha value is -3.29. The van der Waals surface area contributed by atoms with Gasteiger partial charge in [-0.1, -0.05) is 29.8 Å². The van der Waals surface area contributed by atoms with Crippen molar-refractivity contribution in [1.29, 1.82) is 0 Å². The first kappa shape index (κ1) is 21.6. The molecule has 4 heterocycles. The Morgan fingerprint density at radius 1 is 1.27 bits per heavy atom. The number of benzene rings is 1. The van der Waals surface area contributed by atoms with Crippen LogP contribution in [0.3, 0.4) is 0 Å². The highest BCUT2D eigenvalue weighted by atomic mass is 16.5. The molecule has 1 aromatic carbocycles. The summed E-state index contributed by atoms with van der Waals surface area (Å²) in [5, 5.41) is 7.84. The van der Waals surface area contributed by atoms with Gasteiger partial charge in [-0.05, 0) is 38.3 Å². The van der Waals surface area contributed by atoms with E-state index in [1.807, 2.05) is 18.0 Å². The van der Waals surface area contributed by atoms with E-state index >= 15 is 0 Å². The highest BCUT2D eigenvalue weighted by Crippen LogP contribution is 2.43. The van der Waals surface area contributed by atoms with E-state index < -0.39 is 0 Å². The number of likely N-dealkylation sites (tertiary alicyclic amines) is 1. The largest absolute Gasteiger partial charge is 0.489 e. The molecule has 2 amide bonds. The Kier molecular flexibility index (Phi) is 5.60. The molecule has 0 bridgehead atoms. The van der Waals surface area contributed by atoms with Gasteiger partial charge in [-0.15, -0.1) is 0 Å². The Morgan fingerprint density at radius 2 is 2.06 bits per heavy atom. The minimum Gasteiger partial charge on any atom is -0.489 e. The van der Waals surface area contributed by atoms with Crippen LogP contribution >= 0.6 is 0 Å². The zero-order valence-corrected chi connectivity index (χ0v) is 19.4. The van der Waals surface area contributed by atoms with Crippen LogP contribution in [-0.4, -0.2) is 46.6 Å². The second kappa shape index (κ2) is 8.57. The number of carbonyl (C=O) groups is 1. The molecule has 2 unspecified atom stereocenters. The molecule has 3 aliphatic heterocycles. The predicted octanol–water partition coefficient (Wildman–Crippen LogP) is 3.17. The van der Waals surface area contributed by atoms with Crippen LogP contribution in [0, 0.1) is 6.92 Å². The molecule has 0 radical (unpaired) electrons. The normalized spacial score (nSPS) is 23.9. The summed E-state index contributed by atoms with van der Waals surface area (Å²) in [6.45, 7) is 7.56. The van der Waals surface area contributed by atoms with Crippen LogP contribution in [0.1, 0.15) is 54.6 Å². The van der Waals surface area contributed by atoms with Crippen LogP contribution in [-0.2, 0) is 23.3 Å². The lowest BCUT2D eigenvalue weighted by molar-refractivity contribution is 0.182. The monoisotopic (exact) mass is 448 g/mol. The molecule has 0 saturated carbocycles. The van der Waals surface area contributed by atoms with Crippen LogP contribution < -0.4 is 11.1 Å². The lowest BCUT2D eigenvalue weighted by Crippen LogP contribution is -2.40. The Balaban J connectivity index is 1.28. The fourth-order valence-electron chi connectivity index (χ4n) is 5.15. The molecule has 2 atom stereocenters. The van der Waals surface area contributed by atoms with E-state index in [2.05, 4.69) is 52.2 Å². The van der Waals surface area contributed by atoms with Crippen molar-refractivity contribution in [1.82, 2.24) is 20.0 Å². The minimum atomic E-state index is 0.00176. The number of rotatable bonds is 5. The number of nitrogens with two attached hydrogens (primary N) is 1. The Bertz CT molecular complexity index is 1100. The van der Waals surface area contributed by atoms with Crippen LogP contribution in [0.15, 0.2) is 46.9 Å². The van der Waals surface area contributed by atoms with Gasteiger partial charge in [-0.3, -0.25) is 4.68 Å². The Labute approximate surface area is 194 Å². The van der Waals surface area contributed by atoms with E-state index in [0.717, 1.165) is 43.7 Å². The van der Waals surface area contributed by atoms with Crippen molar-refractivity contribution in [2.24, 2.45) is 10.7 Å². The van der Waals surface area contributed by atoms with E-state index in [4.69, 9.17) is 15.6 Å². The maximum atomic E-state index is 12.3. The number of hydrogen-bond donors (Lipinski definition) is 2. The number of aromatic nitrogens is 2. The van der Waals surface area contributed by atoms with Crippen molar-refractivity contribution in [2.75, 3.05) is 19.6 Å². The zero-order chi connectivity index (χ0) is 23.0. The summed E-state index contributed by atoms with van der Waals surface area (Å²) in [7, 11) is 0. The molecule has 8 heteroatoms. The summed E-state index contributed by atoms with van der Waals surface area (Å²) in [6.07, 6.45) is 4.54. The second-order valence-electron chi connectivity index (χ2n) is 9.39. The summed E-state index contributed by atoms with van der Waals surface area (Å²) in [5.41, 5.74) is 10.7. The number of aliphatic imine (C=N–C) groups is 1. The van der Waals surface area contributed by atoms with Crippen LogP contribution in [0.25, 0.3) is 0 Å². The summed E-state index contributed by atoms with van der Waals surface area (Å²) in [5.74, 6) is 1.19. The first-order valence-corrected chi connectivity index (χ1v) is 11.8. The summed E-state index contributed by atoms with van der Waals surface area (Å²) in [4.78, 5) is 18.7. The summed E-state index contributed by atoms with van der Waals surface area (Å²) < 4.78 is 8.19. The van der Waals surface area contributed by atoms with E-state index in [1.54, 1.807) is 0 Å². The lowest BCUT2D eigenvalue weighted by atomic mass is 9.82. The SMILES string of the molecule is CCNC(=O)N1CCC2(CCn3nc(C4C=NC(N)=C(OCc5ccc(C)cc5)C4)cc32)C1. The van der Waals surface area contributed by atoms with Gasteiger partial charge < -0.3 is 20.7 Å². The molecular formula is C25H32N6O2. The number of carbonyl (C=O) groups excluding carboxylic acids is 1. The molecule has 0 aliphatic carbocycles. The van der Waals surface area contributed by atoms with Gasteiger partial charge in [0.05, 0.1) is 5.69 Å².